The minimum Gasteiger partial charge on any atom is -0.352 e. The van der Waals surface area contributed by atoms with Gasteiger partial charge in [0.15, 0.2) is 11.8 Å². The Morgan fingerprint density at radius 3 is 2.19 bits per heavy atom. The molecule has 1 amide bonds. The third kappa shape index (κ3) is 5.69. The van der Waals surface area contributed by atoms with E-state index in [1.165, 1.54) is 0 Å². The number of carbonyl (C=O) groups is 1. The number of amides is 1. The van der Waals surface area contributed by atoms with Gasteiger partial charge in [-0.25, -0.2) is 9.67 Å². The quantitative estimate of drug-likeness (QED) is 0.473. The molecule has 0 aliphatic rings. The van der Waals surface area contributed by atoms with Crippen LogP contribution >= 0.6 is 0 Å². The Balaban J connectivity index is 1.52. The van der Waals surface area contributed by atoms with Gasteiger partial charge in [-0.1, -0.05) is 18.2 Å². The van der Waals surface area contributed by atoms with E-state index in [9.17, 15) is 4.79 Å². The Morgan fingerprint density at radius 1 is 1.03 bits per heavy atom. The van der Waals surface area contributed by atoms with Gasteiger partial charge in [0.05, 0.1) is 5.69 Å². The van der Waals surface area contributed by atoms with Gasteiger partial charge in [0.2, 0.25) is 0 Å². The van der Waals surface area contributed by atoms with E-state index in [0.717, 1.165) is 28.3 Å². The fourth-order valence-corrected chi connectivity index (χ4v) is 3.12. The number of carbonyl (C=O) groups excluding carboxylic acids is 1. The van der Waals surface area contributed by atoms with Gasteiger partial charge in [-0.3, -0.25) is 9.79 Å². The van der Waals surface area contributed by atoms with E-state index in [2.05, 4.69) is 25.7 Å². The number of hydrogen-bond acceptors (Lipinski definition) is 4. The van der Waals surface area contributed by atoms with Crippen LogP contribution in [0.5, 0.6) is 0 Å². The summed E-state index contributed by atoms with van der Waals surface area (Å²) in [5.41, 5.74) is 4.81. The van der Waals surface area contributed by atoms with Gasteiger partial charge in [-0.05, 0) is 49.2 Å². The van der Waals surface area contributed by atoms with Crippen LogP contribution in [-0.2, 0) is 13.1 Å². The second kappa shape index (κ2) is 9.88. The summed E-state index contributed by atoms with van der Waals surface area (Å²) in [7, 11) is 5.23. The molecule has 3 aromatic rings. The molecule has 162 valence electrons. The van der Waals surface area contributed by atoms with Crippen LogP contribution in [-0.4, -0.2) is 52.7 Å². The fourth-order valence-electron chi connectivity index (χ4n) is 3.12. The molecule has 8 nitrogen and oxygen atoms in total. The summed E-state index contributed by atoms with van der Waals surface area (Å²) in [5.74, 6) is 1.48. The first kappa shape index (κ1) is 22.0. The standard InChI is InChI=1S/C23H29N7O/c1-16-12-17(2)30(28-16)21-11-8-19(14-25-21)15-27-23(24-3)26-13-18-6-9-20(10-7-18)22(31)29(4)5/h6-12,14H,13,15H2,1-5H3,(H2,24,26,27). The largest absolute Gasteiger partial charge is 0.352 e. The zero-order valence-corrected chi connectivity index (χ0v) is 18.7. The lowest BCUT2D eigenvalue weighted by molar-refractivity contribution is 0.0827. The third-order valence-electron chi connectivity index (χ3n) is 4.79. The van der Waals surface area contributed by atoms with Gasteiger partial charge >= 0.3 is 0 Å². The van der Waals surface area contributed by atoms with Crippen LogP contribution in [0.3, 0.4) is 0 Å². The zero-order chi connectivity index (χ0) is 22.4. The Morgan fingerprint density at radius 2 is 1.68 bits per heavy atom. The number of rotatable bonds is 6. The minimum absolute atomic E-state index is 0.00512. The summed E-state index contributed by atoms with van der Waals surface area (Å²) in [5, 5.41) is 11.0. The molecule has 0 unspecified atom stereocenters. The first-order valence-corrected chi connectivity index (χ1v) is 10.1. The number of benzene rings is 1. The van der Waals surface area contributed by atoms with Gasteiger partial charge in [-0.15, -0.1) is 0 Å². The van der Waals surface area contributed by atoms with Gasteiger partial charge in [0.1, 0.15) is 0 Å². The number of hydrogen-bond donors (Lipinski definition) is 2. The molecule has 0 saturated heterocycles. The number of aromatic nitrogens is 3. The maximum absolute atomic E-state index is 12.0. The highest BCUT2D eigenvalue weighted by Crippen LogP contribution is 2.10. The molecule has 3 rings (SSSR count). The van der Waals surface area contributed by atoms with Crippen molar-refractivity contribution in [2.45, 2.75) is 26.9 Å². The average Bonchev–Trinajstić information content (AvgIpc) is 3.12. The van der Waals surface area contributed by atoms with Crippen molar-refractivity contribution >= 4 is 11.9 Å². The second-order valence-corrected chi connectivity index (χ2v) is 7.54. The second-order valence-electron chi connectivity index (χ2n) is 7.54. The summed E-state index contributed by atoms with van der Waals surface area (Å²) in [6.07, 6.45) is 1.84. The summed E-state index contributed by atoms with van der Waals surface area (Å²) >= 11 is 0. The van der Waals surface area contributed by atoms with Crippen molar-refractivity contribution in [2.24, 2.45) is 4.99 Å². The van der Waals surface area contributed by atoms with Crippen LogP contribution in [0.4, 0.5) is 0 Å². The monoisotopic (exact) mass is 419 g/mol. The van der Waals surface area contributed by atoms with E-state index in [4.69, 9.17) is 0 Å². The first-order chi connectivity index (χ1) is 14.9. The lowest BCUT2D eigenvalue weighted by Gasteiger charge is -2.13. The normalized spacial score (nSPS) is 11.3. The van der Waals surface area contributed by atoms with Gasteiger partial charge in [0.25, 0.3) is 5.91 Å². The Bertz CT molecular complexity index is 1050. The molecular formula is C23H29N7O. The van der Waals surface area contributed by atoms with Crippen molar-refractivity contribution in [1.29, 1.82) is 0 Å². The molecule has 0 atom stereocenters. The average molecular weight is 420 g/mol. The molecule has 0 saturated carbocycles. The summed E-state index contributed by atoms with van der Waals surface area (Å²) < 4.78 is 1.84. The lowest BCUT2D eigenvalue weighted by atomic mass is 10.1. The molecule has 0 bridgehead atoms. The highest BCUT2D eigenvalue weighted by molar-refractivity contribution is 5.93. The van der Waals surface area contributed by atoms with E-state index >= 15 is 0 Å². The summed E-state index contributed by atoms with van der Waals surface area (Å²) in [4.78, 5) is 22.3. The maximum Gasteiger partial charge on any atom is 0.253 e. The fraction of sp³-hybridized carbons (Fsp3) is 0.304. The van der Waals surface area contributed by atoms with Crippen LogP contribution in [0.25, 0.3) is 5.82 Å². The van der Waals surface area contributed by atoms with Crippen LogP contribution in [0, 0.1) is 13.8 Å². The van der Waals surface area contributed by atoms with Crippen LogP contribution < -0.4 is 10.6 Å². The predicted octanol–water partition coefficient (Wildman–Crippen LogP) is 2.45. The SMILES string of the molecule is CN=C(NCc1ccc(C(=O)N(C)C)cc1)NCc1ccc(-n2nc(C)cc2C)nc1. The molecule has 0 fully saturated rings. The molecule has 8 heteroatoms. The molecule has 0 aliphatic carbocycles. The smallest absolute Gasteiger partial charge is 0.253 e. The lowest BCUT2D eigenvalue weighted by Crippen LogP contribution is -2.36. The van der Waals surface area contributed by atoms with E-state index < -0.39 is 0 Å². The molecule has 2 heterocycles. The van der Waals surface area contributed by atoms with Crippen LogP contribution in [0.15, 0.2) is 53.7 Å². The maximum atomic E-state index is 12.0. The molecule has 1 aromatic carbocycles. The minimum atomic E-state index is -0.00512. The van der Waals surface area contributed by atoms with E-state index in [1.54, 1.807) is 26.0 Å². The number of guanidine groups is 1. The molecular weight excluding hydrogens is 390 g/mol. The van der Waals surface area contributed by atoms with Crippen LogP contribution in [0.1, 0.15) is 32.9 Å². The molecule has 0 aliphatic heterocycles. The van der Waals surface area contributed by atoms with Crippen molar-refractivity contribution in [3.8, 4) is 5.82 Å². The Hall–Kier alpha value is -3.68. The first-order valence-electron chi connectivity index (χ1n) is 10.1. The van der Waals surface area contributed by atoms with E-state index in [0.29, 0.717) is 24.6 Å². The van der Waals surface area contributed by atoms with Crippen molar-refractivity contribution in [2.75, 3.05) is 21.1 Å². The highest BCUT2D eigenvalue weighted by Gasteiger charge is 2.08. The summed E-state index contributed by atoms with van der Waals surface area (Å²) in [6.45, 7) is 5.18. The van der Waals surface area contributed by atoms with Crippen molar-refractivity contribution < 1.29 is 4.79 Å². The Kier molecular flexibility index (Phi) is 7.02. The zero-order valence-electron chi connectivity index (χ0n) is 18.7. The summed E-state index contributed by atoms with van der Waals surface area (Å²) in [6, 6.07) is 13.6. The van der Waals surface area contributed by atoms with E-state index in [-0.39, 0.29) is 5.91 Å². The van der Waals surface area contributed by atoms with Gasteiger partial charge in [-0.2, -0.15) is 5.10 Å². The predicted molar refractivity (Wildman–Crippen MR) is 122 cm³/mol. The number of aryl methyl sites for hydroxylation is 2. The van der Waals surface area contributed by atoms with E-state index in [1.807, 2.05) is 67.2 Å². The van der Waals surface area contributed by atoms with Crippen LogP contribution in [0.2, 0.25) is 0 Å². The Labute approximate surface area is 183 Å². The highest BCUT2D eigenvalue weighted by atomic mass is 16.2. The van der Waals surface area contributed by atoms with Gasteiger partial charge in [0, 0.05) is 51.7 Å². The van der Waals surface area contributed by atoms with Crippen molar-refractivity contribution in [3.63, 3.8) is 0 Å². The van der Waals surface area contributed by atoms with Crippen molar-refractivity contribution in [1.82, 2.24) is 30.3 Å². The number of nitrogens with zero attached hydrogens (tertiary/aromatic N) is 5. The molecule has 0 spiro atoms. The van der Waals surface area contributed by atoms with Crippen molar-refractivity contribution in [3.05, 3.63) is 76.7 Å². The molecule has 0 radical (unpaired) electrons. The number of nitrogens with one attached hydrogen (secondary N) is 2. The molecule has 31 heavy (non-hydrogen) atoms. The van der Waals surface area contributed by atoms with Gasteiger partial charge < -0.3 is 15.5 Å². The molecule has 2 N–H and O–H groups in total. The topological polar surface area (TPSA) is 87.4 Å². The number of aliphatic imine (C=N–C) groups is 1. The number of pyridine rings is 1. The third-order valence-corrected chi connectivity index (χ3v) is 4.79. The molecule has 2 aromatic heterocycles.